The Balaban J connectivity index is 1.78. The highest BCUT2D eigenvalue weighted by Gasteiger charge is 2.09. The molecule has 23 heavy (non-hydrogen) atoms. The van der Waals surface area contributed by atoms with Gasteiger partial charge >= 0.3 is 0 Å². The summed E-state index contributed by atoms with van der Waals surface area (Å²) in [5, 5.41) is 1.01. The van der Waals surface area contributed by atoms with Crippen molar-refractivity contribution in [2.24, 2.45) is 0 Å². The zero-order chi connectivity index (χ0) is 16.2. The molecule has 1 aromatic heterocycles. The smallest absolute Gasteiger partial charge is 0.141 e. The van der Waals surface area contributed by atoms with Crippen molar-refractivity contribution in [1.82, 2.24) is 0 Å². The molecule has 0 aliphatic carbocycles. The fourth-order valence-corrected chi connectivity index (χ4v) is 4.04. The van der Waals surface area contributed by atoms with Gasteiger partial charge < -0.3 is 0 Å². The van der Waals surface area contributed by atoms with Crippen molar-refractivity contribution in [3.05, 3.63) is 59.4 Å². The molecule has 3 aromatic rings. The summed E-state index contributed by atoms with van der Waals surface area (Å²) >= 11 is 1.54. The first kappa shape index (κ1) is 16.2. The highest BCUT2D eigenvalue weighted by Crippen LogP contribution is 2.35. The number of rotatable bonds is 6. The second-order valence-electron chi connectivity index (χ2n) is 6.28. The van der Waals surface area contributed by atoms with E-state index in [4.69, 9.17) is 0 Å². The van der Waals surface area contributed by atoms with Crippen LogP contribution in [0.2, 0.25) is 0 Å². The predicted molar refractivity (Wildman–Crippen MR) is 99.8 cm³/mol. The largest absolute Gasteiger partial charge is 0.205 e. The summed E-state index contributed by atoms with van der Waals surface area (Å²) in [6, 6.07) is 14.5. The third-order valence-corrected chi connectivity index (χ3v) is 5.48. The monoisotopic (exact) mass is 326 g/mol. The summed E-state index contributed by atoms with van der Waals surface area (Å²) in [5.41, 5.74) is 3.55. The fourth-order valence-electron chi connectivity index (χ4n) is 2.99. The minimum absolute atomic E-state index is 0.108. The number of thiophene rings is 1. The number of aryl methyl sites for hydroxylation is 2. The molecule has 0 radical (unpaired) electrons. The van der Waals surface area contributed by atoms with Crippen molar-refractivity contribution < 1.29 is 4.39 Å². The first-order chi connectivity index (χ1) is 11.2. The lowest BCUT2D eigenvalue weighted by molar-refractivity contribution is 0.640. The number of hydrogen-bond acceptors (Lipinski definition) is 1. The first-order valence-corrected chi connectivity index (χ1v) is 9.28. The Labute approximate surface area is 142 Å². The van der Waals surface area contributed by atoms with E-state index in [1.165, 1.54) is 36.8 Å². The minimum Gasteiger partial charge on any atom is -0.205 e. The lowest BCUT2D eigenvalue weighted by atomic mass is 10.0. The molecule has 0 N–H and O–H groups in total. The molecule has 1 heterocycles. The molecule has 0 bridgehead atoms. The average Bonchev–Trinajstić information content (AvgIpc) is 2.96. The van der Waals surface area contributed by atoms with Gasteiger partial charge in [-0.25, -0.2) is 4.39 Å². The molecule has 0 atom stereocenters. The van der Waals surface area contributed by atoms with E-state index < -0.39 is 0 Å². The molecule has 0 nitrogen and oxygen atoms in total. The summed E-state index contributed by atoms with van der Waals surface area (Å²) in [6.45, 7) is 4.18. The summed E-state index contributed by atoms with van der Waals surface area (Å²) in [4.78, 5) is 1.14. The molecule has 0 aliphatic rings. The summed E-state index contributed by atoms with van der Waals surface area (Å²) < 4.78 is 14.8. The van der Waals surface area contributed by atoms with Crippen LogP contribution in [0.5, 0.6) is 0 Å². The third kappa shape index (κ3) is 3.81. The van der Waals surface area contributed by atoms with Crippen molar-refractivity contribution >= 4 is 21.4 Å². The zero-order valence-corrected chi connectivity index (χ0v) is 14.7. The quantitative estimate of drug-likeness (QED) is 0.422. The van der Waals surface area contributed by atoms with Gasteiger partial charge in [-0.1, -0.05) is 56.5 Å². The molecule has 0 aliphatic heterocycles. The fraction of sp³-hybridized carbons (Fsp3) is 0.333. The van der Waals surface area contributed by atoms with E-state index in [1.807, 2.05) is 6.92 Å². The van der Waals surface area contributed by atoms with Gasteiger partial charge in [-0.3, -0.25) is 0 Å². The molecule has 0 saturated carbocycles. The lowest BCUT2D eigenvalue weighted by Crippen LogP contribution is -1.85. The van der Waals surface area contributed by atoms with Gasteiger partial charge in [-0.05, 0) is 54.0 Å². The maximum atomic E-state index is 14.1. The Morgan fingerprint density at radius 3 is 2.48 bits per heavy atom. The van der Waals surface area contributed by atoms with Gasteiger partial charge in [0.1, 0.15) is 5.82 Å². The van der Waals surface area contributed by atoms with Gasteiger partial charge in [0, 0.05) is 4.88 Å². The van der Waals surface area contributed by atoms with E-state index in [0.29, 0.717) is 0 Å². The molecule has 120 valence electrons. The molecule has 0 saturated heterocycles. The third-order valence-electron chi connectivity index (χ3n) is 4.27. The van der Waals surface area contributed by atoms with Crippen molar-refractivity contribution in [3.8, 4) is 10.4 Å². The number of halogens is 1. The van der Waals surface area contributed by atoms with Gasteiger partial charge in [-0.15, -0.1) is 11.3 Å². The Kier molecular flexibility index (Phi) is 5.12. The molecular formula is C21H23FS. The van der Waals surface area contributed by atoms with Crippen molar-refractivity contribution in [2.75, 3.05) is 0 Å². The van der Waals surface area contributed by atoms with Crippen molar-refractivity contribution in [3.63, 3.8) is 0 Å². The van der Waals surface area contributed by atoms with Crippen LogP contribution in [0.15, 0.2) is 42.5 Å². The molecule has 2 heteroatoms. The van der Waals surface area contributed by atoms with E-state index in [-0.39, 0.29) is 5.82 Å². The molecule has 2 aromatic carbocycles. The molecule has 3 rings (SSSR count). The lowest BCUT2D eigenvalue weighted by Gasteiger charge is -2.03. The second kappa shape index (κ2) is 7.27. The van der Waals surface area contributed by atoms with Crippen LogP contribution in [0.1, 0.15) is 43.7 Å². The average molecular weight is 326 g/mol. The van der Waals surface area contributed by atoms with Gasteiger partial charge in [0.15, 0.2) is 0 Å². The van der Waals surface area contributed by atoms with Crippen LogP contribution in [-0.2, 0) is 6.42 Å². The molecule has 0 spiro atoms. The van der Waals surface area contributed by atoms with Crippen LogP contribution < -0.4 is 0 Å². The second-order valence-corrected chi connectivity index (χ2v) is 7.34. The molecular weight excluding hydrogens is 303 g/mol. The maximum Gasteiger partial charge on any atom is 0.141 e. The van der Waals surface area contributed by atoms with Crippen LogP contribution in [0.25, 0.3) is 20.5 Å². The van der Waals surface area contributed by atoms with Crippen molar-refractivity contribution in [1.29, 1.82) is 0 Å². The number of benzene rings is 2. The van der Waals surface area contributed by atoms with Crippen LogP contribution in [0.3, 0.4) is 0 Å². The predicted octanol–water partition coefficient (Wildman–Crippen LogP) is 7.14. The first-order valence-electron chi connectivity index (χ1n) is 8.46. The van der Waals surface area contributed by atoms with Crippen LogP contribution in [0.4, 0.5) is 4.39 Å². The van der Waals surface area contributed by atoms with Crippen LogP contribution in [0, 0.1) is 12.7 Å². The van der Waals surface area contributed by atoms with E-state index in [0.717, 1.165) is 26.9 Å². The summed E-state index contributed by atoms with van der Waals surface area (Å²) in [6.07, 6.45) is 6.33. The summed E-state index contributed by atoms with van der Waals surface area (Å²) in [7, 11) is 0. The number of unbranched alkanes of at least 4 members (excludes halogenated alkanes) is 3. The van der Waals surface area contributed by atoms with Crippen LogP contribution in [-0.4, -0.2) is 0 Å². The Morgan fingerprint density at radius 1 is 0.957 bits per heavy atom. The van der Waals surface area contributed by atoms with E-state index >= 15 is 0 Å². The molecule has 0 fully saturated rings. The van der Waals surface area contributed by atoms with Gasteiger partial charge in [0.05, 0.1) is 4.70 Å². The maximum absolute atomic E-state index is 14.1. The molecule has 0 amide bonds. The topological polar surface area (TPSA) is 0 Å². The van der Waals surface area contributed by atoms with Crippen molar-refractivity contribution in [2.45, 2.75) is 46.0 Å². The number of hydrogen-bond donors (Lipinski definition) is 0. The van der Waals surface area contributed by atoms with Gasteiger partial charge in [0.25, 0.3) is 0 Å². The molecule has 0 unspecified atom stereocenters. The van der Waals surface area contributed by atoms with E-state index in [1.54, 1.807) is 17.4 Å². The van der Waals surface area contributed by atoms with Crippen LogP contribution >= 0.6 is 11.3 Å². The normalized spacial score (nSPS) is 11.3. The summed E-state index contributed by atoms with van der Waals surface area (Å²) in [5.74, 6) is -0.108. The Morgan fingerprint density at radius 2 is 1.74 bits per heavy atom. The standard InChI is InChI=1S/C21H23FS/c1-3-4-5-6-7-16-8-10-17(11-9-16)20-14-18-12-15(2)13-19(22)21(18)23-20/h8-14H,3-7H2,1-2H3. The zero-order valence-electron chi connectivity index (χ0n) is 13.9. The SMILES string of the molecule is CCCCCCc1ccc(-c2cc3cc(C)cc(F)c3s2)cc1. The van der Waals surface area contributed by atoms with E-state index in [9.17, 15) is 4.39 Å². The highest BCUT2D eigenvalue weighted by atomic mass is 32.1. The Bertz CT molecular complexity index is 783. The minimum atomic E-state index is -0.108. The van der Waals surface area contributed by atoms with Gasteiger partial charge in [0.2, 0.25) is 0 Å². The van der Waals surface area contributed by atoms with E-state index in [2.05, 4.69) is 43.3 Å². The number of fused-ring (bicyclic) bond motifs is 1. The highest BCUT2D eigenvalue weighted by molar-refractivity contribution is 7.22. The Hall–Kier alpha value is -1.67. The van der Waals surface area contributed by atoms with Gasteiger partial charge in [-0.2, -0.15) is 0 Å².